The standard InChI is InChI=1S/C5H10ClO3P/c6-4-1-2-5(3-4)10(7,8)9/h4-5H,1-3H2,(H2,7,8,9). The quantitative estimate of drug-likeness (QED) is 0.477. The van der Waals surface area contributed by atoms with Crippen molar-refractivity contribution in [1.82, 2.24) is 0 Å². The Labute approximate surface area is 64.5 Å². The predicted octanol–water partition coefficient (Wildman–Crippen LogP) is 1.32. The minimum Gasteiger partial charge on any atom is -0.324 e. The van der Waals surface area contributed by atoms with Gasteiger partial charge < -0.3 is 9.79 Å². The lowest BCUT2D eigenvalue weighted by Gasteiger charge is -2.09. The molecule has 1 rings (SSSR count). The summed E-state index contributed by atoms with van der Waals surface area (Å²) in [6, 6.07) is 0. The van der Waals surface area contributed by atoms with Crippen LogP contribution >= 0.6 is 19.2 Å². The fraction of sp³-hybridized carbons (Fsp3) is 1.00. The van der Waals surface area contributed by atoms with E-state index in [9.17, 15) is 4.57 Å². The van der Waals surface area contributed by atoms with E-state index in [4.69, 9.17) is 21.4 Å². The summed E-state index contributed by atoms with van der Waals surface area (Å²) < 4.78 is 10.6. The van der Waals surface area contributed by atoms with E-state index in [1.54, 1.807) is 0 Å². The summed E-state index contributed by atoms with van der Waals surface area (Å²) >= 11 is 5.67. The molecule has 0 amide bonds. The van der Waals surface area contributed by atoms with Crippen LogP contribution in [0.25, 0.3) is 0 Å². The molecule has 5 heteroatoms. The van der Waals surface area contributed by atoms with Gasteiger partial charge in [0.25, 0.3) is 0 Å². The average molecular weight is 185 g/mol. The zero-order valence-electron chi connectivity index (χ0n) is 5.40. The maximum atomic E-state index is 10.6. The van der Waals surface area contributed by atoms with E-state index in [0.717, 1.165) is 6.42 Å². The second-order valence-corrected chi connectivity index (χ2v) is 5.18. The Bertz CT molecular complexity index is 166. The van der Waals surface area contributed by atoms with Gasteiger partial charge in [0.2, 0.25) is 0 Å². The first-order valence-corrected chi connectivity index (χ1v) is 5.31. The first-order chi connectivity index (χ1) is 4.50. The molecule has 0 aromatic rings. The molecule has 1 aliphatic rings. The monoisotopic (exact) mass is 184 g/mol. The summed E-state index contributed by atoms with van der Waals surface area (Å²) in [7, 11) is -3.84. The average Bonchev–Trinajstić information content (AvgIpc) is 2.11. The summed E-state index contributed by atoms with van der Waals surface area (Å²) in [5.41, 5.74) is -0.477. The molecule has 1 fully saturated rings. The van der Waals surface area contributed by atoms with Crippen LogP contribution in [0, 0.1) is 0 Å². The van der Waals surface area contributed by atoms with Gasteiger partial charge in [0.1, 0.15) is 0 Å². The number of rotatable bonds is 1. The van der Waals surface area contributed by atoms with Crippen LogP contribution in [0.1, 0.15) is 19.3 Å². The molecular weight excluding hydrogens is 174 g/mol. The topological polar surface area (TPSA) is 57.5 Å². The van der Waals surface area contributed by atoms with Gasteiger partial charge in [0, 0.05) is 5.38 Å². The van der Waals surface area contributed by atoms with Crippen molar-refractivity contribution in [2.24, 2.45) is 0 Å². The Morgan fingerprint density at radius 1 is 1.40 bits per heavy atom. The van der Waals surface area contributed by atoms with Crippen LogP contribution in [-0.4, -0.2) is 20.8 Å². The Balaban J connectivity index is 2.53. The summed E-state index contributed by atoms with van der Waals surface area (Å²) in [5.74, 6) is 0. The van der Waals surface area contributed by atoms with Crippen LogP contribution in [0.15, 0.2) is 0 Å². The maximum absolute atomic E-state index is 10.6. The fourth-order valence-corrected chi connectivity index (χ4v) is 2.69. The molecule has 0 radical (unpaired) electrons. The molecule has 0 aliphatic heterocycles. The second-order valence-electron chi connectivity index (χ2n) is 2.65. The molecule has 3 nitrogen and oxygen atoms in total. The Morgan fingerprint density at radius 3 is 2.20 bits per heavy atom. The lowest BCUT2D eigenvalue weighted by atomic mass is 10.4. The molecule has 0 aromatic heterocycles. The highest BCUT2D eigenvalue weighted by Gasteiger charge is 2.35. The first-order valence-electron chi connectivity index (χ1n) is 3.19. The van der Waals surface area contributed by atoms with E-state index in [0.29, 0.717) is 12.8 Å². The van der Waals surface area contributed by atoms with Gasteiger partial charge in [-0.2, -0.15) is 0 Å². The molecule has 60 valence electrons. The van der Waals surface area contributed by atoms with E-state index in [2.05, 4.69) is 0 Å². The smallest absolute Gasteiger partial charge is 0.324 e. The van der Waals surface area contributed by atoms with Gasteiger partial charge >= 0.3 is 7.60 Å². The van der Waals surface area contributed by atoms with Gasteiger partial charge in [-0.05, 0) is 19.3 Å². The number of halogens is 1. The predicted molar refractivity (Wildman–Crippen MR) is 39.3 cm³/mol. The number of hydrogen-bond donors (Lipinski definition) is 2. The molecule has 0 heterocycles. The van der Waals surface area contributed by atoms with Crippen LogP contribution in [0.2, 0.25) is 0 Å². The molecule has 10 heavy (non-hydrogen) atoms. The molecule has 2 atom stereocenters. The Morgan fingerprint density at radius 2 is 2.00 bits per heavy atom. The van der Waals surface area contributed by atoms with E-state index in [-0.39, 0.29) is 5.38 Å². The highest BCUT2D eigenvalue weighted by molar-refractivity contribution is 7.52. The van der Waals surface area contributed by atoms with E-state index >= 15 is 0 Å². The molecule has 0 bridgehead atoms. The zero-order chi connectivity index (χ0) is 7.78. The third-order valence-corrected chi connectivity index (χ3v) is 3.63. The van der Waals surface area contributed by atoms with Gasteiger partial charge in [0.15, 0.2) is 0 Å². The van der Waals surface area contributed by atoms with E-state index < -0.39 is 13.3 Å². The van der Waals surface area contributed by atoms with Crippen molar-refractivity contribution in [3.05, 3.63) is 0 Å². The van der Waals surface area contributed by atoms with Crippen molar-refractivity contribution < 1.29 is 14.4 Å². The number of hydrogen-bond acceptors (Lipinski definition) is 1. The van der Waals surface area contributed by atoms with Crippen molar-refractivity contribution in [2.45, 2.75) is 30.3 Å². The van der Waals surface area contributed by atoms with Crippen LogP contribution < -0.4 is 0 Å². The van der Waals surface area contributed by atoms with Gasteiger partial charge in [-0.25, -0.2) is 0 Å². The lowest BCUT2D eigenvalue weighted by molar-refractivity contribution is 0.358. The van der Waals surface area contributed by atoms with Crippen molar-refractivity contribution in [3.63, 3.8) is 0 Å². The van der Waals surface area contributed by atoms with Gasteiger partial charge in [-0.15, -0.1) is 11.6 Å². The largest absolute Gasteiger partial charge is 0.328 e. The first kappa shape index (κ1) is 8.54. The highest BCUT2D eigenvalue weighted by Crippen LogP contribution is 2.49. The lowest BCUT2D eigenvalue weighted by Crippen LogP contribution is -2.02. The van der Waals surface area contributed by atoms with E-state index in [1.165, 1.54) is 0 Å². The molecule has 0 spiro atoms. The van der Waals surface area contributed by atoms with E-state index in [1.807, 2.05) is 0 Å². The van der Waals surface area contributed by atoms with Crippen molar-refractivity contribution in [3.8, 4) is 0 Å². The van der Waals surface area contributed by atoms with Crippen LogP contribution in [-0.2, 0) is 4.57 Å². The van der Waals surface area contributed by atoms with Crippen LogP contribution in [0.3, 0.4) is 0 Å². The molecule has 0 aromatic carbocycles. The summed E-state index contributed by atoms with van der Waals surface area (Å²) in [4.78, 5) is 17.4. The minimum absolute atomic E-state index is 0.0300. The normalized spacial score (nSPS) is 34.7. The van der Waals surface area contributed by atoms with Gasteiger partial charge in [0.05, 0.1) is 5.66 Å². The second kappa shape index (κ2) is 2.82. The van der Waals surface area contributed by atoms with Crippen molar-refractivity contribution in [1.29, 1.82) is 0 Å². The minimum atomic E-state index is -3.84. The van der Waals surface area contributed by atoms with Crippen molar-refractivity contribution in [2.75, 3.05) is 0 Å². The van der Waals surface area contributed by atoms with Gasteiger partial charge in [-0.1, -0.05) is 0 Å². The van der Waals surface area contributed by atoms with Crippen LogP contribution in [0.5, 0.6) is 0 Å². The Hall–Kier alpha value is 0.440. The number of alkyl halides is 1. The molecule has 2 N–H and O–H groups in total. The Kier molecular flexibility index (Phi) is 2.41. The molecule has 1 aliphatic carbocycles. The SMILES string of the molecule is O=P(O)(O)C1CCC(Cl)C1. The fourth-order valence-electron chi connectivity index (χ4n) is 1.21. The zero-order valence-corrected chi connectivity index (χ0v) is 7.05. The molecule has 0 saturated heterocycles. The van der Waals surface area contributed by atoms with Gasteiger partial charge in [-0.3, -0.25) is 4.57 Å². The molecule has 2 unspecified atom stereocenters. The summed E-state index contributed by atoms with van der Waals surface area (Å²) in [6.45, 7) is 0. The maximum Gasteiger partial charge on any atom is 0.328 e. The molecular formula is C5H10ClO3P. The summed E-state index contributed by atoms with van der Waals surface area (Å²) in [6.07, 6.45) is 1.77. The third-order valence-electron chi connectivity index (χ3n) is 1.82. The molecule has 1 saturated carbocycles. The highest BCUT2D eigenvalue weighted by atomic mass is 35.5. The van der Waals surface area contributed by atoms with Crippen molar-refractivity contribution >= 4 is 19.2 Å². The third kappa shape index (κ3) is 1.96. The van der Waals surface area contributed by atoms with Crippen LogP contribution in [0.4, 0.5) is 0 Å². The summed E-state index contributed by atoms with van der Waals surface area (Å²) in [5, 5.41) is -0.0300.